The van der Waals surface area contributed by atoms with Crippen molar-refractivity contribution in [3.05, 3.63) is 104 Å². The van der Waals surface area contributed by atoms with Gasteiger partial charge in [-0.1, -0.05) is 23.2 Å². The fourth-order valence-corrected chi connectivity index (χ4v) is 9.27. The average Bonchev–Trinajstić information content (AvgIpc) is 3.62. The van der Waals surface area contributed by atoms with E-state index in [0.717, 1.165) is 48.5 Å². The van der Waals surface area contributed by atoms with Gasteiger partial charge in [0.1, 0.15) is 30.5 Å². The van der Waals surface area contributed by atoms with Crippen LogP contribution in [0.5, 0.6) is 17.2 Å². The van der Waals surface area contributed by atoms with E-state index in [1.807, 2.05) is 0 Å². The highest BCUT2D eigenvalue weighted by Crippen LogP contribution is 2.34. The summed E-state index contributed by atoms with van der Waals surface area (Å²) < 4.78 is 110. The SMILES string of the molecule is O=S(=O)(c1ccc(OCc2cnc(Cl)s2)cc1)N(c1ccc(OC(F)(F)F)cc1)S(=O)(=O)c1ccc(OCc2cnc(Cl)s2)cc1. The Labute approximate surface area is 278 Å². The molecule has 0 atom stereocenters. The maximum atomic E-state index is 13.9. The predicted molar refractivity (Wildman–Crippen MR) is 166 cm³/mol. The van der Waals surface area contributed by atoms with Gasteiger partial charge in [0.25, 0.3) is 20.0 Å². The first-order chi connectivity index (χ1) is 21.7. The van der Waals surface area contributed by atoms with Crippen LogP contribution in [0.1, 0.15) is 9.75 Å². The fourth-order valence-electron chi connectivity index (χ4n) is 3.79. The summed E-state index contributed by atoms with van der Waals surface area (Å²) in [6, 6.07) is 13.2. The molecule has 0 unspecified atom stereocenters. The van der Waals surface area contributed by atoms with Gasteiger partial charge in [0.15, 0.2) is 8.93 Å². The number of aromatic nitrogens is 2. The highest BCUT2D eigenvalue weighted by molar-refractivity contribution is 8.10. The molecule has 242 valence electrons. The van der Waals surface area contributed by atoms with Gasteiger partial charge in [0.2, 0.25) is 0 Å². The first-order valence-corrected chi connectivity index (χ1v) is 17.8. The molecule has 5 rings (SSSR count). The number of halogens is 5. The third kappa shape index (κ3) is 8.21. The summed E-state index contributed by atoms with van der Waals surface area (Å²) >= 11 is 14.0. The molecule has 10 nitrogen and oxygen atoms in total. The van der Waals surface area contributed by atoms with Crippen molar-refractivity contribution in [1.82, 2.24) is 9.97 Å². The zero-order valence-electron chi connectivity index (χ0n) is 22.7. The first kappa shape index (κ1) is 33.7. The topological polar surface area (TPSA) is 125 Å². The maximum absolute atomic E-state index is 13.9. The zero-order chi connectivity index (χ0) is 33.1. The predicted octanol–water partition coefficient (Wildman–Crippen LogP) is 7.55. The number of rotatable bonds is 12. The number of alkyl halides is 3. The van der Waals surface area contributed by atoms with Crippen LogP contribution in [0.25, 0.3) is 0 Å². The van der Waals surface area contributed by atoms with Gasteiger partial charge in [-0.3, -0.25) is 0 Å². The highest BCUT2D eigenvalue weighted by atomic mass is 35.5. The molecule has 0 radical (unpaired) electrons. The lowest BCUT2D eigenvalue weighted by Crippen LogP contribution is -2.37. The van der Waals surface area contributed by atoms with Crippen molar-refractivity contribution in [2.24, 2.45) is 0 Å². The largest absolute Gasteiger partial charge is 0.573 e. The summed E-state index contributed by atoms with van der Waals surface area (Å²) in [5.74, 6) is -0.149. The molecule has 0 saturated carbocycles. The summed E-state index contributed by atoms with van der Waals surface area (Å²) in [7, 11) is -9.78. The number of benzene rings is 3. The molecule has 0 bridgehead atoms. The molecular formula is C27H18Cl2F3N3O7S4. The molecule has 0 N–H and O–H groups in total. The minimum absolute atomic E-state index is 0.0982. The van der Waals surface area contributed by atoms with Crippen molar-refractivity contribution in [3.8, 4) is 17.2 Å². The Balaban J connectivity index is 1.45. The van der Waals surface area contributed by atoms with E-state index in [4.69, 9.17) is 32.7 Å². The minimum atomic E-state index is -5.02. The molecule has 0 spiro atoms. The second-order valence-electron chi connectivity index (χ2n) is 8.93. The molecule has 19 heteroatoms. The molecule has 0 fully saturated rings. The quantitative estimate of drug-likeness (QED) is 0.127. The maximum Gasteiger partial charge on any atom is 0.573 e. The van der Waals surface area contributed by atoms with Gasteiger partial charge >= 0.3 is 6.36 Å². The molecule has 5 aromatic rings. The standard InChI is InChI=1S/C27H18Cl2F3N3O7S4/c28-25-33-13-21(43-25)15-40-18-5-9-23(10-6-18)45(36,37)35(17-1-3-20(4-2-17)42-27(30,31)32)46(38,39)24-11-7-19(8-12-24)41-16-22-14-34-26(29)44-22/h1-14H,15-16H2. The van der Waals surface area contributed by atoms with Crippen molar-refractivity contribution in [2.75, 3.05) is 3.71 Å². The van der Waals surface area contributed by atoms with Gasteiger partial charge in [-0.2, -0.15) is 3.71 Å². The Morgan fingerprint density at radius 3 is 1.39 bits per heavy atom. The normalized spacial score (nSPS) is 12.1. The number of sulfonamides is 2. The molecular weight excluding hydrogens is 734 g/mol. The Morgan fingerprint density at radius 1 is 0.652 bits per heavy atom. The van der Waals surface area contributed by atoms with Crippen LogP contribution in [0.3, 0.4) is 0 Å². The molecule has 0 aliphatic rings. The molecule has 0 aliphatic heterocycles. The van der Waals surface area contributed by atoms with Gasteiger partial charge < -0.3 is 14.2 Å². The van der Waals surface area contributed by atoms with E-state index >= 15 is 0 Å². The van der Waals surface area contributed by atoms with Crippen LogP contribution < -0.4 is 17.9 Å². The van der Waals surface area contributed by atoms with Crippen LogP contribution in [0, 0.1) is 0 Å². The van der Waals surface area contributed by atoms with Crippen LogP contribution >= 0.6 is 45.9 Å². The number of thiazole rings is 2. The first-order valence-electron chi connectivity index (χ1n) is 12.5. The fraction of sp³-hybridized carbons (Fsp3) is 0.111. The third-order valence-electron chi connectivity index (χ3n) is 5.77. The van der Waals surface area contributed by atoms with Crippen molar-refractivity contribution in [3.63, 3.8) is 0 Å². The smallest absolute Gasteiger partial charge is 0.488 e. The summed E-state index contributed by atoms with van der Waals surface area (Å²) in [6.45, 7) is 0.196. The van der Waals surface area contributed by atoms with Gasteiger partial charge in [0.05, 0.1) is 25.2 Å². The number of ether oxygens (including phenoxy) is 3. The minimum Gasteiger partial charge on any atom is -0.488 e. The van der Waals surface area contributed by atoms with Gasteiger partial charge in [-0.25, -0.2) is 26.8 Å². The lowest BCUT2D eigenvalue weighted by molar-refractivity contribution is -0.274. The van der Waals surface area contributed by atoms with Crippen molar-refractivity contribution >= 4 is 71.6 Å². The molecule has 0 saturated heterocycles. The van der Waals surface area contributed by atoms with Crippen LogP contribution in [0.15, 0.2) is 95.0 Å². The Bertz CT molecular complexity index is 1900. The summed E-state index contributed by atoms with van der Waals surface area (Å²) in [5.41, 5.74) is -0.473. The molecule has 2 aromatic heterocycles. The third-order valence-corrected chi connectivity index (χ3v) is 12.2. The van der Waals surface area contributed by atoms with E-state index < -0.39 is 47.6 Å². The second-order valence-corrected chi connectivity index (χ2v) is 16.1. The molecule has 46 heavy (non-hydrogen) atoms. The molecule has 2 heterocycles. The van der Waals surface area contributed by atoms with E-state index in [1.165, 1.54) is 59.3 Å². The lowest BCUT2D eigenvalue weighted by Gasteiger charge is -2.24. The number of hydrogen-bond donors (Lipinski definition) is 0. The average molecular weight is 753 g/mol. The van der Waals surface area contributed by atoms with Crippen molar-refractivity contribution in [2.45, 2.75) is 29.4 Å². The van der Waals surface area contributed by atoms with Crippen LogP contribution in [0.2, 0.25) is 8.93 Å². The summed E-state index contributed by atoms with van der Waals surface area (Å²) in [6.07, 6.45) is -1.98. The Kier molecular flexibility index (Phi) is 10.00. The Hall–Kier alpha value is -3.61. The zero-order valence-corrected chi connectivity index (χ0v) is 27.5. The van der Waals surface area contributed by atoms with E-state index in [1.54, 1.807) is 0 Å². The highest BCUT2D eigenvalue weighted by Gasteiger charge is 2.37. The molecule has 0 amide bonds. The van der Waals surface area contributed by atoms with Crippen LogP contribution in [-0.2, 0) is 33.3 Å². The van der Waals surface area contributed by atoms with Gasteiger partial charge in [0, 0.05) is 12.4 Å². The van der Waals surface area contributed by atoms with E-state index in [2.05, 4.69) is 14.7 Å². The van der Waals surface area contributed by atoms with E-state index in [9.17, 15) is 30.0 Å². The van der Waals surface area contributed by atoms with Crippen molar-refractivity contribution in [1.29, 1.82) is 0 Å². The van der Waals surface area contributed by atoms with Crippen molar-refractivity contribution < 1.29 is 44.2 Å². The molecule has 0 aliphatic carbocycles. The van der Waals surface area contributed by atoms with E-state index in [-0.39, 0.29) is 28.4 Å². The summed E-state index contributed by atoms with van der Waals surface area (Å²) in [5, 5.41) is 0. The lowest BCUT2D eigenvalue weighted by atomic mass is 10.3. The number of hydrogen-bond acceptors (Lipinski definition) is 11. The second kappa shape index (κ2) is 13.6. The van der Waals surface area contributed by atoms with Gasteiger partial charge in [-0.15, -0.1) is 35.8 Å². The molecule has 3 aromatic carbocycles. The number of anilines is 1. The monoisotopic (exact) mass is 751 g/mol. The summed E-state index contributed by atoms with van der Waals surface area (Å²) in [4.78, 5) is 8.35. The van der Waals surface area contributed by atoms with Crippen LogP contribution in [-0.4, -0.2) is 33.2 Å². The van der Waals surface area contributed by atoms with Gasteiger partial charge in [-0.05, 0) is 72.8 Å². The number of nitrogens with zero attached hydrogens (tertiary/aromatic N) is 3. The Morgan fingerprint density at radius 2 is 1.04 bits per heavy atom. The van der Waals surface area contributed by atoms with Crippen LogP contribution in [0.4, 0.5) is 18.9 Å². The van der Waals surface area contributed by atoms with E-state index in [0.29, 0.717) is 18.7 Å².